The zero-order valence-corrected chi connectivity index (χ0v) is 15.3. The molecule has 2 fully saturated rings. The van der Waals surface area contributed by atoms with Crippen LogP contribution in [0.4, 0.5) is 0 Å². The fourth-order valence-electron chi connectivity index (χ4n) is 4.16. The number of carbonyl (C=O) groups is 1. The lowest BCUT2D eigenvalue weighted by molar-refractivity contribution is 0.0599. The highest BCUT2D eigenvalue weighted by Gasteiger charge is 2.32. The van der Waals surface area contributed by atoms with E-state index in [0.717, 1.165) is 57.2 Å². The monoisotopic (exact) mass is 357 g/mol. The van der Waals surface area contributed by atoms with Gasteiger partial charge in [0.15, 0.2) is 5.69 Å². The number of carbonyl (C=O) groups excluding carboxylic acids is 1. The van der Waals surface area contributed by atoms with Crippen molar-refractivity contribution in [2.75, 3.05) is 6.54 Å². The normalized spacial score (nSPS) is 26.8. The van der Waals surface area contributed by atoms with Gasteiger partial charge in [0.05, 0.1) is 24.0 Å². The molecular weight excluding hydrogens is 330 g/mol. The first kappa shape index (κ1) is 17.2. The van der Waals surface area contributed by atoms with Gasteiger partial charge in [-0.15, -0.1) is 5.10 Å². The maximum Gasteiger partial charge on any atom is 0.276 e. The summed E-state index contributed by atoms with van der Waals surface area (Å²) in [6.45, 7) is 0.741. The summed E-state index contributed by atoms with van der Waals surface area (Å²) in [5.41, 5.74) is 7.37. The summed E-state index contributed by atoms with van der Waals surface area (Å²) in [6, 6.07) is 2.62. The molecule has 4 rings (SSSR count). The molecule has 2 aromatic rings. The van der Waals surface area contributed by atoms with E-state index in [1.807, 2.05) is 35.1 Å². The Balaban J connectivity index is 1.51. The molecule has 1 atom stereocenters. The van der Waals surface area contributed by atoms with Crippen molar-refractivity contribution in [3.8, 4) is 0 Å². The molecule has 1 amide bonds. The van der Waals surface area contributed by atoms with Gasteiger partial charge in [-0.3, -0.25) is 9.48 Å². The highest BCUT2D eigenvalue weighted by molar-refractivity contribution is 5.92. The molecule has 2 aromatic heterocycles. The van der Waals surface area contributed by atoms with Crippen molar-refractivity contribution in [2.45, 2.75) is 63.1 Å². The number of nitrogens with zero attached hydrogens (tertiary/aromatic N) is 6. The van der Waals surface area contributed by atoms with E-state index in [0.29, 0.717) is 17.8 Å². The van der Waals surface area contributed by atoms with Gasteiger partial charge in [0, 0.05) is 25.8 Å². The third kappa shape index (κ3) is 3.38. The predicted molar refractivity (Wildman–Crippen MR) is 96.3 cm³/mol. The highest BCUT2D eigenvalue weighted by Crippen LogP contribution is 2.31. The van der Waals surface area contributed by atoms with Crippen LogP contribution in [-0.4, -0.2) is 48.2 Å². The molecule has 3 heterocycles. The minimum absolute atomic E-state index is 0.0234. The molecule has 1 aliphatic carbocycles. The minimum atomic E-state index is -0.0425. The van der Waals surface area contributed by atoms with E-state index in [-0.39, 0.29) is 11.9 Å². The number of nitrogens with two attached hydrogens (primary N) is 1. The van der Waals surface area contributed by atoms with Crippen molar-refractivity contribution >= 4 is 5.91 Å². The number of piperidine rings is 1. The third-order valence-corrected chi connectivity index (χ3v) is 5.68. The van der Waals surface area contributed by atoms with Crippen molar-refractivity contribution in [2.24, 2.45) is 12.8 Å². The van der Waals surface area contributed by atoms with Gasteiger partial charge in [0.1, 0.15) is 0 Å². The van der Waals surface area contributed by atoms with E-state index < -0.39 is 0 Å². The van der Waals surface area contributed by atoms with Gasteiger partial charge in [-0.25, -0.2) is 4.68 Å². The number of hydrogen-bond donors (Lipinski definition) is 1. The molecule has 0 spiro atoms. The summed E-state index contributed by atoms with van der Waals surface area (Å²) in [4.78, 5) is 15.0. The molecule has 1 saturated carbocycles. The van der Waals surface area contributed by atoms with Crippen LogP contribution in [0.1, 0.15) is 73.2 Å². The SMILES string of the molecule is Cn1ccc(C2CCCCN2C(=O)c2cn(C3CCC(N)CC3)nn2)n1. The Morgan fingerprint density at radius 2 is 2.00 bits per heavy atom. The van der Waals surface area contributed by atoms with E-state index in [4.69, 9.17) is 5.73 Å². The average Bonchev–Trinajstić information content (AvgIpc) is 3.31. The van der Waals surface area contributed by atoms with E-state index in [1.54, 1.807) is 4.68 Å². The molecule has 1 aliphatic heterocycles. The summed E-state index contributed by atoms with van der Waals surface area (Å²) in [7, 11) is 1.90. The summed E-state index contributed by atoms with van der Waals surface area (Å²) >= 11 is 0. The van der Waals surface area contributed by atoms with Gasteiger partial charge in [0.2, 0.25) is 0 Å². The fraction of sp³-hybridized carbons (Fsp3) is 0.667. The Morgan fingerprint density at radius 3 is 2.73 bits per heavy atom. The Hall–Kier alpha value is -2.22. The van der Waals surface area contributed by atoms with Gasteiger partial charge >= 0.3 is 0 Å². The van der Waals surface area contributed by atoms with Crippen LogP contribution in [0.3, 0.4) is 0 Å². The lowest BCUT2D eigenvalue weighted by Gasteiger charge is -2.34. The number of likely N-dealkylation sites (tertiary alicyclic amines) is 1. The van der Waals surface area contributed by atoms with Crippen LogP contribution in [0.2, 0.25) is 0 Å². The first-order chi connectivity index (χ1) is 12.6. The van der Waals surface area contributed by atoms with Crippen molar-refractivity contribution in [1.82, 2.24) is 29.7 Å². The third-order valence-electron chi connectivity index (χ3n) is 5.68. The summed E-state index contributed by atoms with van der Waals surface area (Å²) in [5.74, 6) is -0.0425. The lowest BCUT2D eigenvalue weighted by atomic mass is 9.92. The van der Waals surface area contributed by atoms with E-state index in [9.17, 15) is 4.79 Å². The van der Waals surface area contributed by atoms with Crippen LogP contribution in [0, 0.1) is 0 Å². The van der Waals surface area contributed by atoms with Crippen LogP contribution in [0.25, 0.3) is 0 Å². The van der Waals surface area contributed by atoms with Crippen LogP contribution < -0.4 is 5.73 Å². The summed E-state index contributed by atoms with van der Waals surface area (Å²) < 4.78 is 3.65. The number of aromatic nitrogens is 5. The van der Waals surface area contributed by atoms with E-state index >= 15 is 0 Å². The van der Waals surface area contributed by atoms with Crippen LogP contribution >= 0.6 is 0 Å². The molecule has 26 heavy (non-hydrogen) atoms. The van der Waals surface area contributed by atoms with Gasteiger partial charge < -0.3 is 10.6 Å². The van der Waals surface area contributed by atoms with Crippen LogP contribution in [0.5, 0.6) is 0 Å². The van der Waals surface area contributed by atoms with Gasteiger partial charge in [-0.2, -0.15) is 5.10 Å². The lowest BCUT2D eigenvalue weighted by Crippen LogP contribution is -2.39. The van der Waals surface area contributed by atoms with Crippen molar-refractivity contribution in [3.05, 3.63) is 29.8 Å². The first-order valence-electron chi connectivity index (χ1n) is 9.60. The Bertz CT molecular complexity index is 759. The molecule has 0 radical (unpaired) electrons. The molecule has 140 valence electrons. The topological polar surface area (TPSA) is 94.9 Å². The summed E-state index contributed by atoms with van der Waals surface area (Å²) in [6.07, 6.45) is 10.8. The molecule has 1 unspecified atom stereocenters. The Morgan fingerprint density at radius 1 is 1.19 bits per heavy atom. The number of rotatable bonds is 3. The largest absolute Gasteiger partial charge is 0.329 e. The second-order valence-electron chi connectivity index (χ2n) is 7.58. The molecule has 2 aliphatic rings. The molecule has 1 saturated heterocycles. The highest BCUT2D eigenvalue weighted by atomic mass is 16.2. The first-order valence-corrected chi connectivity index (χ1v) is 9.60. The van der Waals surface area contributed by atoms with Crippen molar-refractivity contribution < 1.29 is 4.79 Å². The van der Waals surface area contributed by atoms with E-state index in [2.05, 4.69) is 15.4 Å². The fourth-order valence-corrected chi connectivity index (χ4v) is 4.16. The van der Waals surface area contributed by atoms with E-state index in [1.165, 1.54) is 0 Å². The Labute approximate surface area is 153 Å². The second-order valence-corrected chi connectivity index (χ2v) is 7.58. The minimum Gasteiger partial charge on any atom is -0.329 e. The van der Waals surface area contributed by atoms with Crippen molar-refractivity contribution in [1.29, 1.82) is 0 Å². The van der Waals surface area contributed by atoms with Crippen LogP contribution in [0.15, 0.2) is 18.5 Å². The quantitative estimate of drug-likeness (QED) is 0.904. The Kier molecular flexibility index (Phi) is 4.76. The molecule has 8 nitrogen and oxygen atoms in total. The van der Waals surface area contributed by atoms with Gasteiger partial charge in [-0.05, 0) is 51.0 Å². The zero-order valence-electron chi connectivity index (χ0n) is 15.3. The summed E-state index contributed by atoms with van der Waals surface area (Å²) in [5, 5.41) is 12.9. The van der Waals surface area contributed by atoms with Gasteiger partial charge in [-0.1, -0.05) is 5.21 Å². The number of hydrogen-bond acceptors (Lipinski definition) is 5. The predicted octanol–water partition coefficient (Wildman–Crippen LogP) is 1.82. The number of aryl methyl sites for hydroxylation is 1. The van der Waals surface area contributed by atoms with Gasteiger partial charge in [0.25, 0.3) is 5.91 Å². The molecule has 0 aromatic carbocycles. The number of amides is 1. The molecule has 2 N–H and O–H groups in total. The van der Waals surface area contributed by atoms with Crippen LogP contribution in [-0.2, 0) is 7.05 Å². The smallest absolute Gasteiger partial charge is 0.276 e. The standard InChI is InChI=1S/C18H27N7O/c1-23-11-9-15(21-23)17-4-2-3-10-24(17)18(26)16-12-25(22-20-16)14-7-5-13(19)6-8-14/h9,11-14,17H,2-8,10,19H2,1H3. The zero-order chi connectivity index (χ0) is 18.1. The maximum atomic E-state index is 13.1. The molecule has 0 bridgehead atoms. The average molecular weight is 357 g/mol. The maximum absolute atomic E-state index is 13.1. The van der Waals surface area contributed by atoms with Crippen molar-refractivity contribution in [3.63, 3.8) is 0 Å². The second kappa shape index (κ2) is 7.19. The molecular formula is C18H27N7O. The molecule has 8 heteroatoms.